The molecule has 6 heteroatoms. The van der Waals surface area contributed by atoms with Crippen LogP contribution < -0.4 is 10.2 Å². The molecule has 1 aliphatic heterocycles. The van der Waals surface area contributed by atoms with Crippen LogP contribution in [0.15, 0.2) is 29.2 Å². The van der Waals surface area contributed by atoms with E-state index in [0.29, 0.717) is 5.75 Å². The SMILES string of the molecule is CCOC(=O)c1cn2c(cc1=O)-c1cc(OC)c(O)cc1CC21CCC1. The summed E-state index contributed by atoms with van der Waals surface area (Å²) in [4.78, 5) is 24.7. The lowest BCUT2D eigenvalue weighted by molar-refractivity contribution is 0.0521. The second-order valence-electron chi connectivity index (χ2n) is 6.96. The number of aromatic nitrogens is 1. The fraction of sp³-hybridized carbons (Fsp3) is 0.400. The highest BCUT2D eigenvalue weighted by Gasteiger charge is 2.43. The lowest BCUT2D eigenvalue weighted by Crippen LogP contribution is -2.46. The molecule has 2 heterocycles. The third-order valence-electron chi connectivity index (χ3n) is 5.54. The molecule has 4 rings (SSSR count). The van der Waals surface area contributed by atoms with E-state index < -0.39 is 5.97 Å². The number of benzene rings is 1. The number of rotatable bonds is 3. The van der Waals surface area contributed by atoms with E-state index >= 15 is 0 Å². The first-order valence-electron chi connectivity index (χ1n) is 8.83. The van der Waals surface area contributed by atoms with Gasteiger partial charge in [0.25, 0.3) is 0 Å². The molecule has 2 aromatic rings. The molecule has 1 saturated carbocycles. The molecule has 1 fully saturated rings. The van der Waals surface area contributed by atoms with Crippen molar-refractivity contribution >= 4 is 5.97 Å². The molecule has 1 N–H and O–H groups in total. The van der Waals surface area contributed by atoms with E-state index in [1.165, 1.54) is 13.2 Å². The topological polar surface area (TPSA) is 77.8 Å². The molecule has 136 valence electrons. The Bertz CT molecular complexity index is 955. The van der Waals surface area contributed by atoms with Gasteiger partial charge in [0.2, 0.25) is 0 Å². The number of esters is 1. The Morgan fingerprint density at radius 1 is 1.31 bits per heavy atom. The van der Waals surface area contributed by atoms with Crippen molar-refractivity contribution in [3.05, 3.63) is 45.7 Å². The summed E-state index contributed by atoms with van der Waals surface area (Å²) in [6.45, 7) is 1.95. The number of pyridine rings is 1. The molecule has 0 amide bonds. The van der Waals surface area contributed by atoms with Gasteiger partial charge in [0, 0.05) is 23.4 Å². The van der Waals surface area contributed by atoms with Crippen LogP contribution in [0.25, 0.3) is 11.3 Å². The zero-order valence-electron chi connectivity index (χ0n) is 14.9. The number of phenolic OH excluding ortho intramolecular Hbond substituents is 1. The van der Waals surface area contributed by atoms with E-state index in [1.54, 1.807) is 25.3 Å². The number of aromatic hydroxyl groups is 1. The van der Waals surface area contributed by atoms with Crippen molar-refractivity contribution in [2.24, 2.45) is 0 Å². The number of methoxy groups -OCH3 is 1. The number of phenols is 1. The monoisotopic (exact) mass is 355 g/mol. The van der Waals surface area contributed by atoms with Crippen LogP contribution >= 0.6 is 0 Å². The fourth-order valence-electron chi connectivity index (χ4n) is 4.10. The van der Waals surface area contributed by atoms with Gasteiger partial charge in [0.15, 0.2) is 16.9 Å². The Morgan fingerprint density at radius 3 is 2.69 bits per heavy atom. The first kappa shape index (κ1) is 16.7. The first-order chi connectivity index (χ1) is 12.5. The van der Waals surface area contributed by atoms with E-state index in [1.807, 2.05) is 0 Å². The van der Waals surface area contributed by atoms with Crippen LogP contribution in [-0.4, -0.2) is 29.4 Å². The average Bonchev–Trinajstić information content (AvgIpc) is 2.58. The Labute approximate surface area is 151 Å². The zero-order chi connectivity index (χ0) is 18.5. The van der Waals surface area contributed by atoms with E-state index in [-0.39, 0.29) is 28.9 Å². The van der Waals surface area contributed by atoms with Crippen LogP contribution in [0.2, 0.25) is 0 Å². The van der Waals surface area contributed by atoms with Gasteiger partial charge in [-0.3, -0.25) is 4.79 Å². The predicted molar refractivity (Wildman–Crippen MR) is 95.8 cm³/mol. The van der Waals surface area contributed by atoms with Gasteiger partial charge >= 0.3 is 5.97 Å². The predicted octanol–water partition coefficient (Wildman–Crippen LogP) is 2.84. The molecule has 26 heavy (non-hydrogen) atoms. The van der Waals surface area contributed by atoms with Crippen LogP contribution in [0, 0.1) is 0 Å². The second-order valence-corrected chi connectivity index (χ2v) is 6.96. The third-order valence-corrected chi connectivity index (χ3v) is 5.54. The summed E-state index contributed by atoms with van der Waals surface area (Å²) in [7, 11) is 1.49. The molecule has 2 aliphatic rings. The van der Waals surface area contributed by atoms with Crippen molar-refractivity contribution < 1.29 is 19.4 Å². The molecule has 0 saturated heterocycles. The summed E-state index contributed by atoms with van der Waals surface area (Å²) >= 11 is 0. The minimum atomic E-state index is -0.587. The van der Waals surface area contributed by atoms with Crippen LogP contribution in [0.1, 0.15) is 42.1 Å². The minimum absolute atomic E-state index is 0.0658. The summed E-state index contributed by atoms with van der Waals surface area (Å²) in [5, 5.41) is 10.2. The van der Waals surface area contributed by atoms with Crippen molar-refractivity contribution in [3.63, 3.8) is 0 Å². The number of fused-ring (bicyclic) bond motifs is 4. The second kappa shape index (κ2) is 5.90. The van der Waals surface area contributed by atoms with Crippen molar-refractivity contribution in [2.45, 2.75) is 38.1 Å². The number of hydrogen-bond donors (Lipinski definition) is 1. The molecule has 1 aliphatic carbocycles. The Balaban J connectivity index is 1.95. The quantitative estimate of drug-likeness (QED) is 0.857. The van der Waals surface area contributed by atoms with Gasteiger partial charge in [0.1, 0.15) is 5.56 Å². The minimum Gasteiger partial charge on any atom is -0.504 e. The van der Waals surface area contributed by atoms with Gasteiger partial charge in [-0.05, 0) is 50.3 Å². The largest absolute Gasteiger partial charge is 0.504 e. The highest BCUT2D eigenvalue weighted by molar-refractivity contribution is 5.89. The van der Waals surface area contributed by atoms with Crippen molar-refractivity contribution in [1.29, 1.82) is 0 Å². The van der Waals surface area contributed by atoms with E-state index in [2.05, 4.69) is 4.57 Å². The highest BCUT2D eigenvalue weighted by Crippen LogP contribution is 2.50. The van der Waals surface area contributed by atoms with Crippen molar-refractivity contribution in [1.82, 2.24) is 4.57 Å². The number of nitrogens with zero attached hydrogens (tertiary/aromatic N) is 1. The zero-order valence-corrected chi connectivity index (χ0v) is 14.9. The number of carbonyl (C=O) groups is 1. The summed E-state index contributed by atoms with van der Waals surface area (Å²) in [5.41, 5.74) is 2.15. The molecule has 0 unspecified atom stereocenters. The Hall–Kier alpha value is -2.76. The van der Waals surface area contributed by atoms with Crippen LogP contribution in [0.4, 0.5) is 0 Å². The van der Waals surface area contributed by atoms with E-state index in [9.17, 15) is 14.7 Å². The normalized spacial score (nSPS) is 16.4. The summed E-state index contributed by atoms with van der Waals surface area (Å²) in [5.74, 6) is -0.127. The lowest BCUT2D eigenvalue weighted by Gasteiger charge is -2.48. The summed E-state index contributed by atoms with van der Waals surface area (Å²) < 4.78 is 12.3. The van der Waals surface area contributed by atoms with Gasteiger partial charge in [-0.1, -0.05) is 0 Å². The van der Waals surface area contributed by atoms with Gasteiger partial charge in [-0.25, -0.2) is 4.79 Å². The smallest absolute Gasteiger partial charge is 0.343 e. The molecule has 0 bridgehead atoms. The van der Waals surface area contributed by atoms with Crippen LogP contribution in [0.5, 0.6) is 11.5 Å². The number of carbonyl (C=O) groups excluding carboxylic acids is 1. The Morgan fingerprint density at radius 2 is 2.08 bits per heavy atom. The lowest BCUT2D eigenvalue weighted by atomic mass is 9.69. The standard InChI is InChI=1S/C20H21NO5/c1-3-26-19(24)14-11-21-15(9-16(14)22)13-8-18(25-2)17(23)7-12(13)10-20(21)5-4-6-20/h7-9,11,23H,3-6,10H2,1-2H3. The van der Waals surface area contributed by atoms with E-state index in [0.717, 1.165) is 42.5 Å². The van der Waals surface area contributed by atoms with Crippen LogP contribution in [0.3, 0.4) is 0 Å². The summed E-state index contributed by atoms with van der Waals surface area (Å²) in [6.07, 6.45) is 5.43. The van der Waals surface area contributed by atoms with Crippen molar-refractivity contribution in [2.75, 3.05) is 13.7 Å². The molecule has 6 nitrogen and oxygen atoms in total. The fourth-order valence-corrected chi connectivity index (χ4v) is 4.10. The molecule has 0 radical (unpaired) electrons. The van der Waals surface area contributed by atoms with Crippen molar-refractivity contribution in [3.8, 4) is 22.8 Å². The van der Waals surface area contributed by atoms with Gasteiger partial charge in [-0.15, -0.1) is 0 Å². The molecule has 0 atom stereocenters. The molecule has 1 aromatic carbocycles. The van der Waals surface area contributed by atoms with Gasteiger partial charge in [-0.2, -0.15) is 0 Å². The first-order valence-corrected chi connectivity index (χ1v) is 8.83. The summed E-state index contributed by atoms with van der Waals surface area (Å²) in [6, 6.07) is 4.98. The van der Waals surface area contributed by atoms with Gasteiger partial charge < -0.3 is 19.1 Å². The average molecular weight is 355 g/mol. The molecule has 1 aromatic heterocycles. The van der Waals surface area contributed by atoms with Crippen LogP contribution in [-0.2, 0) is 16.7 Å². The molecular weight excluding hydrogens is 334 g/mol. The maximum Gasteiger partial charge on any atom is 0.343 e. The molecule has 1 spiro atoms. The Kier molecular flexibility index (Phi) is 3.79. The number of ether oxygens (including phenoxy) is 2. The number of hydrogen-bond acceptors (Lipinski definition) is 5. The molecular formula is C20H21NO5. The maximum absolute atomic E-state index is 12.6. The maximum atomic E-state index is 12.6. The van der Waals surface area contributed by atoms with E-state index in [4.69, 9.17) is 9.47 Å². The third kappa shape index (κ3) is 2.32. The highest BCUT2D eigenvalue weighted by atomic mass is 16.5. The van der Waals surface area contributed by atoms with Gasteiger partial charge in [0.05, 0.1) is 19.4 Å².